The molecule has 1 fully saturated rings. The second kappa shape index (κ2) is 8.79. The Kier molecular flexibility index (Phi) is 6.46. The summed E-state index contributed by atoms with van der Waals surface area (Å²) < 4.78 is 5.87. The largest absolute Gasteiger partial charge is 0.381 e. The fraction of sp³-hybridized carbons (Fsp3) is 0.476. The lowest BCUT2D eigenvalue weighted by atomic mass is 9.82. The van der Waals surface area contributed by atoms with Gasteiger partial charge in [0.2, 0.25) is 0 Å². The van der Waals surface area contributed by atoms with Crippen molar-refractivity contribution >= 4 is 11.6 Å². The second-order valence-corrected chi connectivity index (χ2v) is 7.46. The van der Waals surface area contributed by atoms with Crippen molar-refractivity contribution in [3.63, 3.8) is 0 Å². The average Bonchev–Trinajstić information content (AvgIpc) is 3.03. The maximum absolute atomic E-state index is 6.35. The van der Waals surface area contributed by atoms with Crippen molar-refractivity contribution in [2.24, 2.45) is 5.41 Å². The van der Waals surface area contributed by atoms with Crippen LogP contribution in [0.2, 0.25) is 5.02 Å². The molecule has 3 rings (SSSR count). The number of nitrogens with zero attached hydrogens (tertiary/aromatic N) is 2. The monoisotopic (exact) mass is 358 g/mol. The highest BCUT2D eigenvalue weighted by molar-refractivity contribution is 6.31. The molecule has 2 heterocycles. The van der Waals surface area contributed by atoms with Gasteiger partial charge in [-0.2, -0.15) is 0 Å². The van der Waals surface area contributed by atoms with E-state index >= 15 is 0 Å². The molecular formula is C21H27ClN2O. The van der Waals surface area contributed by atoms with E-state index in [0.717, 1.165) is 50.7 Å². The van der Waals surface area contributed by atoms with Crippen LogP contribution >= 0.6 is 11.6 Å². The topological polar surface area (TPSA) is 25.4 Å². The van der Waals surface area contributed by atoms with E-state index in [1.807, 2.05) is 30.6 Å². The quantitative estimate of drug-likeness (QED) is 0.689. The van der Waals surface area contributed by atoms with Crippen LogP contribution < -0.4 is 0 Å². The smallest absolute Gasteiger partial charge is 0.0535 e. The zero-order valence-electron chi connectivity index (χ0n) is 15.0. The van der Waals surface area contributed by atoms with Crippen LogP contribution in [-0.2, 0) is 17.7 Å². The molecule has 25 heavy (non-hydrogen) atoms. The lowest BCUT2D eigenvalue weighted by Crippen LogP contribution is -2.32. The lowest BCUT2D eigenvalue weighted by Gasteiger charge is -2.29. The Bertz CT molecular complexity index is 664. The number of hydrogen-bond donors (Lipinski definition) is 0. The van der Waals surface area contributed by atoms with Crippen molar-refractivity contribution in [1.29, 1.82) is 0 Å². The summed E-state index contributed by atoms with van der Waals surface area (Å²) in [6.07, 6.45) is 7.09. The van der Waals surface area contributed by atoms with Crippen molar-refractivity contribution in [2.75, 3.05) is 26.3 Å². The van der Waals surface area contributed by atoms with E-state index in [2.05, 4.69) is 35.0 Å². The molecule has 2 aromatic rings. The Morgan fingerprint density at radius 3 is 2.88 bits per heavy atom. The highest BCUT2D eigenvalue weighted by atomic mass is 35.5. The molecule has 1 aliphatic rings. The van der Waals surface area contributed by atoms with Gasteiger partial charge in [0.15, 0.2) is 0 Å². The normalized spacial score (nSPS) is 20.9. The van der Waals surface area contributed by atoms with E-state index in [9.17, 15) is 0 Å². The van der Waals surface area contributed by atoms with Gasteiger partial charge >= 0.3 is 0 Å². The lowest BCUT2D eigenvalue weighted by molar-refractivity contribution is 0.0489. The predicted molar refractivity (Wildman–Crippen MR) is 103 cm³/mol. The summed E-state index contributed by atoms with van der Waals surface area (Å²) in [6, 6.07) is 12.3. The van der Waals surface area contributed by atoms with Gasteiger partial charge in [0.1, 0.15) is 0 Å². The van der Waals surface area contributed by atoms with Gasteiger partial charge in [-0.3, -0.25) is 9.88 Å². The van der Waals surface area contributed by atoms with Crippen molar-refractivity contribution < 1.29 is 4.74 Å². The third-order valence-electron chi connectivity index (χ3n) is 5.14. The van der Waals surface area contributed by atoms with Crippen LogP contribution in [0.4, 0.5) is 0 Å². The summed E-state index contributed by atoms with van der Waals surface area (Å²) in [7, 11) is 0. The first-order valence-corrected chi connectivity index (χ1v) is 9.51. The minimum Gasteiger partial charge on any atom is -0.381 e. The fourth-order valence-corrected chi connectivity index (χ4v) is 3.96. The summed E-state index contributed by atoms with van der Waals surface area (Å²) in [6.45, 7) is 6.84. The van der Waals surface area contributed by atoms with Crippen LogP contribution in [0.3, 0.4) is 0 Å². The number of ether oxygens (including phenoxy) is 1. The number of likely N-dealkylation sites (tertiary alicyclic amines) is 1. The Hall–Kier alpha value is -1.42. The van der Waals surface area contributed by atoms with Gasteiger partial charge in [-0.05, 0) is 56.0 Å². The molecule has 134 valence electrons. The number of pyridine rings is 1. The van der Waals surface area contributed by atoms with Crippen LogP contribution in [0, 0.1) is 5.41 Å². The Morgan fingerprint density at radius 2 is 2.12 bits per heavy atom. The highest BCUT2D eigenvalue weighted by Gasteiger charge is 2.38. The van der Waals surface area contributed by atoms with Crippen molar-refractivity contribution in [2.45, 2.75) is 32.7 Å². The average molecular weight is 359 g/mol. The molecule has 0 bridgehead atoms. The van der Waals surface area contributed by atoms with Gasteiger partial charge < -0.3 is 4.74 Å². The van der Waals surface area contributed by atoms with Gasteiger partial charge in [0, 0.05) is 42.5 Å². The molecule has 1 unspecified atom stereocenters. The first-order chi connectivity index (χ1) is 12.2. The molecule has 0 radical (unpaired) electrons. The van der Waals surface area contributed by atoms with Gasteiger partial charge in [-0.1, -0.05) is 35.9 Å². The molecule has 0 N–H and O–H groups in total. The number of rotatable bonds is 8. The molecule has 1 aromatic heterocycles. The van der Waals surface area contributed by atoms with E-state index < -0.39 is 0 Å². The Labute approximate surface area is 156 Å². The molecule has 1 aliphatic heterocycles. The van der Waals surface area contributed by atoms with E-state index in [-0.39, 0.29) is 5.41 Å². The van der Waals surface area contributed by atoms with Crippen LogP contribution in [0.15, 0.2) is 48.8 Å². The predicted octanol–water partition coefficient (Wildman–Crippen LogP) is 4.60. The van der Waals surface area contributed by atoms with Gasteiger partial charge in [0.05, 0.1) is 6.61 Å². The molecule has 1 saturated heterocycles. The molecule has 0 aliphatic carbocycles. The van der Waals surface area contributed by atoms with Crippen LogP contribution in [0.5, 0.6) is 0 Å². The Morgan fingerprint density at radius 1 is 1.24 bits per heavy atom. The maximum Gasteiger partial charge on any atom is 0.0535 e. The zero-order valence-corrected chi connectivity index (χ0v) is 15.7. The summed E-state index contributed by atoms with van der Waals surface area (Å²) in [5.41, 5.74) is 2.74. The SMILES string of the molecule is CCOCC1(CCc2ccccc2Cl)CCN(Cc2cccnc2)C1. The molecule has 0 amide bonds. The van der Waals surface area contributed by atoms with Crippen molar-refractivity contribution in [3.05, 3.63) is 64.9 Å². The summed E-state index contributed by atoms with van der Waals surface area (Å²) in [5.74, 6) is 0. The highest BCUT2D eigenvalue weighted by Crippen LogP contribution is 2.37. The molecule has 3 nitrogen and oxygen atoms in total. The Balaban J connectivity index is 1.64. The third-order valence-corrected chi connectivity index (χ3v) is 5.51. The number of hydrogen-bond acceptors (Lipinski definition) is 3. The van der Waals surface area contributed by atoms with Crippen molar-refractivity contribution in [1.82, 2.24) is 9.88 Å². The summed E-state index contributed by atoms with van der Waals surface area (Å²) >= 11 is 6.35. The standard InChI is InChI=1S/C21H27ClN2O/c1-2-25-17-21(10-9-19-7-3-4-8-20(19)22)11-13-24(16-21)15-18-6-5-12-23-14-18/h3-8,12,14H,2,9-11,13,15-17H2,1H3. The maximum atomic E-state index is 6.35. The van der Waals surface area contributed by atoms with Gasteiger partial charge in [-0.25, -0.2) is 0 Å². The first-order valence-electron chi connectivity index (χ1n) is 9.13. The van der Waals surface area contributed by atoms with E-state index in [0.29, 0.717) is 0 Å². The molecule has 1 aromatic carbocycles. The van der Waals surface area contributed by atoms with Crippen LogP contribution in [0.1, 0.15) is 30.9 Å². The summed E-state index contributed by atoms with van der Waals surface area (Å²) in [5, 5.41) is 0.874. The first kappa shape index (κ1) is 18.4. The molecule has 4 heteroatoms. The third kappa shape index (κ3) is 5.04. The van der Waals surface area contributed by atoms with Gasteiger partial charge in [-0.15, -0.1) is 0 Å². The van der Waals surface area contributed by atoms with Crippen LogP contribution in [0.25, 0.3) is 0 Å². The van der Waals surface area contributed by atoms with E-state index in [4.69, 9.17) is 16.3 Å². The molecule has 0 spiro atoms. The molecular weight excluding hydrogens is 332 g/mol. The molecule has 0 saturated carbocycles. The minimum atomic E-state index is 0.220. The summed E-state index contributed by atoms with van der Waals surface area (Å²) in [4.78, 5) is 6.76. The fourth-order valence-electron chi connectivity index (χ4n) is 3.73. The van der Waals surface area contributed by atoms with E-state index in [1.54, 1.807) is 0 Å². The number of aryl methyl sites for hydroxylation is 1. The number of benzene rings is 1. The zero-order chi connectivity index (χ0) is 17.5. The van der Waals surface area contributed by atoms with Crippen molar-refractivity contribution in [3.8, 4) is 0 Å². The van der Waals surface area contributed by atoms with Crippen LogP contribution in [-0.4, -0.2) is 36.2 Å². The van der Waals surface area contributed by atoms with Gasteiger partial charge in [0.25, 0.3) is 0 Å². The minimum absolute atomic E-state index is 0.220. The number of halogens is 1. The molecule has 1 atom stereocenters. The second-order valence-electron chi connectivity index (χ2n) is 7.05. The van der Waals surface area contributed by atoms with E-state index in [1.165, 1.54) is 17.5 Å². The number of aromatic nitrogens is 1.